The van der Waals surface area contributed by atoms with Crippen molar-refractivity contribution in [1.29, 1.82) is 0 Å². The number of ether oxygens (including phenoxy) is 2. The summed E-state index contributed by atoms with van der Waals surface area (Å²) >= 11 is 0. The molecule has 1 aliphatic rings. The highest BCUT2D eigenvalue weighted by atomic mass is 16.5. The summed E-state index contributed by atoms with van der Waals surface area (Å²) in [6, 6.07) is 16.2. The summed E-state index contributed by atoms with van der Waals surface area (Å²) in [6.07, 6.45) is 2.45. The van der Waals surface area contributed by atoms with Crippen LogP contribution in [0.15, 0.2) is 54.7 Å². The quantitative estimate of drug-likeness (QED) is 0.727. The van der Waals surface area contributed by atoms with Crippen LogP contribution in [0.25, 0.3) is 21.9 Å². The van der Waals surface area contributed by atoms with Gasteiger partial charge in [-0.15, -0.1) is 0 Å². The third-order valence-corrected chi connectivity index (χ3v) is 5.11. The number of hydrogen-bond acceptors (Lipinski definition) is 4. The molecule has 1 aromatic heterocycles. The number of piperidine rings is 1. The van der Waals surface area contributed by atoms with Gasteiger partial charge in [0.1, 0.15) is 11.9 Å². The highest BCUT2D eigenvalue weighted by Gasteiger charge is 2.23. The van der Waals surface area contributed by atoms with Crippen LogP contribution in [0, 0.1) is 0 Å². The maximum Gasteiger partial charge on any atom is 0.407 e. The first-order valence-electron chi connectivity index (χ1n) is 9.31. The zero-order valence-corrected chi connectivity index (χ0v) is 15.7. The Hall–Kier alpha value is -3.28. The van der Waals surface area contributed by atoms with Crippen molar-refractivity contribution in [2.45, 2.75) is 18.9 Å². The number of methoxy groups -OCH3 is 1. The minimum absolute atomic E-state index is 0.0575. The molecule has 6 heteroatoms. The number of rotatable bonds is 4. The summed E-state index contributed by atoms with van der Waals surface area (Å²) in [5.74, 6) is 1.41. The summed E-state index contributed by atoms with van der Waals surface area (Å²) in [5, 5.41) is 11.2. The Morgan fingerprint density at radius 3 is 2.43 bits per heavy atom. The molecule has 6 nitrogen and oxygen atoms in total. The summed E-state index contributed by atoms with van der Waals surface area (Å²) in [4.78, 5) is 16.7. The third-order valence-electron chi connectivity index (χ3n) is 5.11. The van der Waals surface area contributed by atoms with Crippen molar-refractivity contribution in [3.05, 3.63) is 54.7 Å². The number of aromatic nitrogens is 1. The molecule has 1 fully saturated rings. The molecule has 4 rings (SSSR count). The molecular weight excluding hydrogens is 356 g/mol. The Bertz CT molecular complexity index is 979. The number of amides is 1. The number of fused-ring (bicyclic) bond motifs is 1. The fraction of sp³-hybridized carbons (Fsp3) is 0.273. The molecule has 0 spiro atoms. The lowest BCUT2D eigenvalue weighted by Gasteiger charge is -2.30. The minimum Gasteiger partial charge on any atom is -0.490 e. The van der Waals surface area contributed by atoms with Crippen molar-refractivity contribution in [2.75, 3.05) is 20.2 Å². The summed E-state index contributed by atoms with van der Waals surface area (Å²) in [5.41, 5.74) is 2.22. The topological polar surface area (TPSA) is 71.9 Å². The van der Waals surface area contributed by atoms with Gasteiger partial charge in [-0.05, 0) is 34.7 Å². The van der Waals surface area contributed by atoms with Crippen LogP contribution >= 0.6 is 0 Å². The first kappa shape index (κ1) is 18.1. The lowest BCUT2D eigenvalue weighted by molar-refractivity contribution is 0.0895. The molecule has 1 saturated heterocycles. The van der Waals surface area contributed by atoms with Crippen LogP contribution < -0.4 is 9.47 Å². The molecule has 1 N–H and O–H groups in total. The van der Waals surface area contributed by atoms with Crippen molar-refractivity contribution in [3.63, 3.8) is 0 Å². The second kappa shape index (κ2) is 7.76. The lowest BCUT2D eigenvalue weighted by atomic mass is 10.0. The molecular formula is C22H22N2O4. The predicted octanol–water partition coefficient (Wildman–Crippen LogP) is 4.43. The second-order valence-corrected chi connectivity index (χ2v) is 6.90. The monoisotopic (exact) mass is 378 g/mol. The van der Waals surface area contributed by atoms with Gasteiger partial charge in [-0.25, -0.2) is 9.78 Å². The largest absolute Gasteiger partial charge is 0.490 e. The van der Waals surface area contributed by atoms with Gasteiger partial charge >= 0.3 is 6.09 Å². The van der Waals surface area contributed by atoms with Crippen LogP contribution in [0.5, 0.6) is 11.6 Å². The molecule has 1 aliphatic heterocycles. The van der Waals surface area contributed by atoms with E-state index in [2.05, 4.69) is 23.2 Å². The number of likely N-dealkylation sites (tertiary alicyclic amines) is 1. The van der Waals surface area contributed by atoms with E-state index in [4.69, 9.17) is 14.6 Å². The Labute approximate surface area is 163 Å². The normalized spacial score (nSPS) is 14.8. The van der Waals surface area contributed by atoms with Gasteiger partial charge in [-0.1, -0.05) is 24.3 Å². The number of pyridine rings is 1. The summed E-state index contributed by atoms with van der Waals surface area (Å²) in [6.45, 7) is 1.04. The van der Waals surface area contributed by atoms with E-state index in [-0.39, 0.29) is 6.10 Å². The average Bonchev–Trinajstić information content (AvgIpc) is 2.74. The van der Waals surface area contributed by atoms with Crippen molar-refractivity contribution in [1.82, 2.24) is 9.88 Å². The van der Waals surface area contributed by atoms with Crippen molar-refractivity contribution in [3.8, 4) is 22.8 Å². The molecule has 2 heterocycles. The predicted molar refractivity (Wildman–Crippen MR) is 107 cm³/mol. The van der Waals surface area contributed by atoms with Crippen LogP contribution in [-0.4, -0.2) is 47.4 Å². The van der Waals surface area contributed by atoms with E-state index in [0.717, 1.165) is 27.6 Å². The molecule has 1 amide bonds. The number of carboxylic acid groups (broad SMARTS) is 1. The van der Waals surface area contributed by atoms with Crippen molar-refractivity contribution in [2.24, 2.45) is 0 Å². The van der Waals surface area contributed by atoms with Gasteiger partial charge < -0.3 is 19.5 Å². The molecule has 144 valence electrons. The second-order valence-electron chi connectivity index (χ2n) is 6.90. The molecule has 0 atom stereocenters. The fourth-order valence-corrected chi connectivity index (χ4v) is 3.50. The van der Waals surface area contributed by atoms with Crippen LogP contribution in [0.2, 0.25) is 0 Å². The van der Waals surface area contributed by atoms with Crippen LogP contribution in [0.1, 0.15) is 12.8 Å². The molecule has 0 saturated carbocycles. The Morgan fingerprint density at radius 1 is 1.04 bits per heavy atom. The molecule has 0 unspecified atom stereocenters. The Balaban J connectivity index is 1.46. The van der Waals surface area contributed by atoms with E-state index >= 15 is 0 Å². The zero-order valence-electron chi connectivity index (χ0n) is 15.7. The maximum absolute atomic E-state index is 11.0. The van der Waals surface area contributed by atoms with E-state index in [1.54, 1.807) is 7.11 Å². The number of carbonyl (C=O) groups is 1. The molecule has 28 heavy (non-hydrogen) atoms. The van der Waals surface area contributed by atoms with E-state index in [9.17, 15) is 4.79 Å². The highest BCUT2D eigenvalue weighted by Crippen LogP contribution is 2.28. The van der Waals surface area contributed by atoms with Gasteiger partial charge in [-0.3, -0.25) is 0 Å². The van der Waals surface area contributed by atoms with Gasteiger partial charge in [0, 0.05) is 43.6 Å². The Morgan fingerprint density at radius 2 is 1.75 bits per heavy atom. The van der Waals surface area contributed by atoms with Crippen molar-refractivity contribution < 1.29 is 19.4 Å². The SMILES string of the molecule is COc1cc2cc(-c3ccc(OC4CCN(C(=O)O)CC4)cc3)ccc2cn1. The van der Waals surface area contributed by atoms with Crippen LogP contribution in [0.4, 0.5) is 4.79 Å². The summed E-state index contributed by atoms with van der Waals surface area (Å²) in [7, 11) is 1.61. The maximum atomic E-state index is 11.0. The molecule has 0 aliphatic carbocycles. The number of benzene rings is 2. The lowest BCUT2D eigenvalue weighted by Crippen LogP contribution is -2.41. The number of nitrogens with zero attached hydrogens (tertiary/aromatic N) is 2. The molecule has 3 aromatic rings. The number of hydrogen-bond donors (Lipinski definition) is 1. The van der Waals surface area contributed by atoms with Gasteiger partial charge in [0.25, 0.3) is 0 Å². The minimum atomic E-state index is -0.855. The van der Waals surface area contributed by atoms with Crippen LogP contribution in [0.3, 0.4) is 0 Å². The fourth-order valence-electron chi connectivity index (χ4n) is 3.50. The standard InChI is InChI=1S/C22H22N2O4/c1-27-21-13-18-12-16(2-3-17(18)14-23-21)15-4-6-19(7-5-15)28-20-8-10-24(11-9-20)22(25)26/h2-7,12-14,20H,8-11H2,1H3,(H,25,26). The van der Waals surface area contributed by atoms with E-state index in [0.29, 0.717) is 31.8 Å². The third kappa shape index (κ3) is 3.86. The first-order chi connectivity index (χ1) is 13.6. The van der Waals surface area contributed by atoms with E-state index in [1.165, 1.54) is 4.90 Å². The highest BCUT2D eigenvalue weighted by molar-refractivity contribution is 5.87. The first-order valence-corrected chi connectivity index (χ1v) is 9.31. The van der Waals surface area contributed by atoms with Gasteiger partial charge in [0.2, 0.25) is 5.88 Å². The Kier molecular flexibility index (Phi) is 5.02. The average molecular weight is 378 g/mol. The molecule has 2 aromatic carbocycles. The van der Waals surface area contributed by atoms with Crippen LogP contribution in [-0.2, 0) is 0 Å². The molecule has 0 radical (unpaired) electrons. The van der Waals surface area contributed by atoms with Gasteiger partial charge in [-0.2, -0.15) is 0 Å². The summed E-state index contributed by atoms with van der Waals surface area (Å²) < 4.78 is 11.2. The van der Waals surface area contributed by atoms with Crippen molar-refractivity contribution >= 4 is 16.9 Å². The van der Waals surface area contributed by atoms with E-state index < -0.39 is 6.09 Å². The zero-order chi connectivity index (χ0) is 19.5. The molecule has 0 bridgehead atoms. The van der Waals surface area contributed by atoms with Gasteiger partial charge in [0.15, 0.2) is 0 Å². The smallest absolute Gasteiger partial charge is 0.407 e. The van der Waals surface area contributed by atoms with Gasteiger partial charge in [0.05, 0.1) is 7.11 Å². The van der Waals surface area contributed by atoms with E-state index in [1.807, 2.05) is 36.5 Å².